The second-order valence-corrected chi connectivity index (χ2v) is 8.20. The molecule has 0 radical (unpaired) electrons. The summed E-state index contributed by atoms with van der Waals surface area (Å²) in [5.74, 6) is 0. The van der Waals surface area contributed by atoms with E-state index >= 15 is 0 Å². The lowest BCUT2D eigenvalue weighted by atomic mass is 10.2. The van der Waals surface area contributed by atoms with Crippen LogP contribution in [0.25, 0.3) is 0 Å². The average Bonchev–Trinajstić information content (AvgIpc) is 2.46. The first kappa shape index (κ1) is 18.4. The Balaban J connectivity index is 1.69. The number of morpholine rings is 1. The number of hydrogen-bond acceptors (Lipinski definition) is 4. The summed E-state index contributed by atoms with van der Waals surface area (Å²) in [4.78, 5) is 2.73. The lowest BCUT2D eigenvalue weighted by molar-refractivity contribution is -0.0681. The van der Waals surface area contributed by atoms with E-state index in [1.54, 1.807) is 12.1 Å². The number of rotatable bonds is 7. The maximum absolute atomic E-state index is 12.2. The Morgan fingerprint density at radius 3 is 2.35 bits per heavy atom. The van der Waals surface area contributed by atoms with Crippen molar-refractivity contribution in [2.75, 3.05) is 26.2 Å². The molecule has 0 spiro atoms. The van der Waals surface area contributed by atoms with Crippen LogP contribution in [-0.4, -0.2) is 51.7 Å². The van der Waals surface area contributed by atoms with Crippen LogP contribution in [0.5, 0.6) is 0 Å². The van der Waals surface area contributed by atoms with Crippen LogP contribution in [0.1, 0.15) is 32.3 Å². The van der Waals surface area contributed by atoms with Gasteiger partial charge in [0.2, 0.25) is 10.0 Å². The Kier molecular flexibility index (Phi) is 6.59. The molecule has 0 aromatic heterocycles. The third-order valence-electron chi connectivity index (χ3n) is 4.02. The standard InChI is InChI=1S/C17H28N2O3S/c1-14-6-8-17(9-7-14)23(20,21)18-10-4-5-11-19-12-15(2)22-16(3)13-19/h6-9,15-16,18H,4-5,10-13H2,1-3H3. The first-order chi connectivity index (χ1) is 10.9. The molecule has 2 unspecified atom stereocenters. The molecule has 0 amide bonds. The molecule has 2 atom stereocenters. The van der Waals surface area contributed by atoms with Gasteiger partial charge in [0.1, 0.15) is 0 Å². The minimum atomic E-state index is -3.38. The molecule has 1 aliphatic heterocycles. The molecule has 1 saturated heterocycles. The maximum Gasteiger partial charge on any atom is 0.240 e. The van der Waals surface area contributed by atoms with E-state index in [0.29, 0.717) is 11.4 Å². The van der Waals surface area contributed by atoms with Gasteiger partial charge in [-0.05, 0) is 52.3 Å². The summed E-state index contributed by atoms with van der Waals surface area (Å²) in [6, 6.07) is 6.92. The van der Waals surface area contributed by atoms with Gasteiger partial charge in [-0.3, -0.25) is 4.90 Å². The van der Waals surface area contributed by atoms with E-state index in [9.17, 15) is 8.42 Å². The molecule has 1 N–H and O–H groups in total. The normalized spacial score (nSPS) is 23.1. The van der Waals surface area contributed by atoms with E-state index in [2.05, 4.69) is 23.5 Å². The number of nitrogens with one attached hydrogen (secondary N) is 1. The van der Waals surface area contributed by atoms with Crippen LogP contribution in [0.2, 0.25) is 0 Å². The van der Waals surface area contributed by atoms with Crippen LogP contribution in [-0.2, 0) is 14.8 Å². The number of hydrogen-bond donors (Lipinski definition) is 1. The Hall–Kier alpha value is -0.950. The predicted molar refractivity (Wildman–Crippen MR) is 92.1 cm³/mol. The van der Waals surface area contributed by atoms with Crippen molar-refractivity contribution in [1.82, 2.24) is 9.62 Å². The minimum Gasteiger partial charge on any atom is -0.373 e. The van der Waals surface area contributed by atoms with Crippen molar-refractivity contribution < 1.29 is 13.2 Å². The molecule has 1 aliphatic rings. The van der Waals surface area contributed by atoms with Gasteiger partial charge in [-0.15, -0.1) is 0 Å². The molecular weight excluding hydrogens is 312 g/mol. The smallest absolute Gasteiger partial charge is 0.240 e. The van der Waals surface area contributed by atoms with Gasteiger partial charge in [0.05, 0.1) is 17.1 Å². The Labute approximate surface area is 140 Å². The van der Waals surface area contributed by atoms with Gasteiger partial charge in [0.15, 0.2) is 0 Å². The Bertz CT molecular complexity index is 576. The van der Waals surface area contributed by atoms with Gasteiger partial charge in [0.25, 0.3) is 0 Å². The monoisotopic (exact) mass is 340 g/mol. The molecule has 1 heterocycles. The van der Waals surface area contributed by atoms with Gasteiger partial charge in [-0.25, -0.2) is 13.1 Å². The van der Waals surface area contributed by atoms with Crippen molar-refractivity contribution in [2.45, 2.75) is 50.7 Å². The lowest BCUT2D eigenvalue weighted by Gasteiger charge is -2.35. The van der Waals surface area contributed by atoms with E-state index in [4.69, 9.17) is 4.74 Å². The SMILES string of the molecule is Cc1ccc(S(=O)(=O)NCCCCN2CC(C)OC(C)C2)cc1. The van der Waals surface area contributed by atoms with E-state index < -0.39 is 10.0 Å². The van der Waals surface area contributed by atoms with Crippen LogP contribution >= 0.6 is 0 Å². The molecule has 0 bridgehead atoms. The molecular formula is C17H28N2O3S. The number of benzene rings is 1. The Morgan fingerprint density at radius 2 is 1.74 bits per heavy atom. The fourth-order valence-corrected chi connectivity index (χ4v) is 4.01. The van der Waals surface area contributed by atoms with Crippen molar-refractivity contribution in [1.29, 1.82) is 0 Å². The summed E-state index contributed by atoms with van der Waals surface area (Å²) >= 11 is 0. The molecule has 2 rings (SSSR count). The minimum absolute atomic E-state index is 0.277. The van der Waals surface area contributed by atoms with Gasteiger partial charge >= 0.3 is 0 Å². The van der Waals surface area contributed by atoms with Crippen LogP contribution in [0, 0.1) is 6.92 Å². The summed E-state index contributed by atoms with van der Waals surface area (Å²) in [6.07, 6.45) is 2.37. The van der Waals surface area contributed by atoms with Crippen LogP contribution in [0.15, 0.2) is 29.2 Å². The largest absolute Gasteiger partial charge is 0.373 e. The van der Waals surface area contributed by atoms with Gasteiger partial charge in [-0.2, -0.15) is 0 Å². The number of nitrogens with zero attached hydrogens (tertiary/aromatic N) is 1. The summed E-state index contributed by atoms with van der Waals surface area (Å²) < 4.78 is 32.7. The Morgan fingerprint density at radius 1 is 1.13 bits per heavy atom. The van der Waals surface area contributed by atoms with Gasteiger partial charge in [0, 0.05) is 19.6 Å². The summed E-state index contributed by atoms with van der Waals surface area (Å²) in [7, 11) is -3.38. The van der Waals surface area contributed by atoms with E-state index in [-0.39, 0.29) is 12.2 Å². The van der Waals surface area contributed by atoms with E-state index in [0.717, 1.165) is 38.0 Å². The first-order valence-electron chi connectivity index (χ1n) is 8.31. The topological polar surface area (TPSA) is 58.6 Å². The van der Waals surface area contributed by atoms with Crippen molar-refractivity contribution in [3.05, 3.63) is 29.8 Å². The highest BCUT2D eigenvalue weighted by Gasteiger charge is 2.21. The maximum atomic E-state index is 12.2. The molecule has 0 aliphatic carbocycles. The summed E-state index contributed by atoms with van der Waals surface area (Å²) in [5.41, 5.74) is 1.05. The molecule has 130 valence electrons. The summed E-state index contributed by atoms with van der Waals surface area (Å²) in [6.45, 7) is 9.52. The van der Waals surface area contributed by atoms with Crippen molar-refractivity contribution in [3.63, 3.8) is 0 Å². The molecule has 23 heavy (non-hydrogen) atoms. The zero-order chi connectivity index (χ0) is 16.9. The zero-order valence-corrected chi connectivity index (χ0v) is 15.1. The molecule has 1 aromatic carbocycles. The fourth-order valence-electron chi connectivity index (χ4n) is 2.93. The second-order valence-electron chi connectivity index (χ2n) is 6.43. The number of sulfonamides is 1. The summed E-state index contributed by atoms with van der Waals surface area (Å²) in [5, 5.41) is 0. The highest BCUT2D eigenvalue weighted by atomic mass is 32.2. The average molecular weight is 340 g/mol. The highest BCUT2D eigenvalue weighted by Crippen LogP contribution is 2.12. The van der Waals surface area contributed by atoms with Crippen LogP contribution in [0.3, 0.4) is 0 Å². The molecule has 0 saturated carbocycles. The van der Waals surface area contributed by atoms with E-state index in [1.807, 2.05) is 19.1 Å². The van der Waals surface area contributed by atoms with Crippen molar-refractivity contribution in [2.24, 2.45) is 0 Å². The number of ether oxygens (including phenoxy) is 1. The van der Waals surface area contributed by atoms with Crippen molar-refractivity contribution in [3.8, 4) is 0 Å². The van der Waals surface area contributed by atoms with Crippen LogP contribution < -0.4 is 4.72 Å². The highest BCUT2D eigenvalue weighted by molar-refractivity contribution is 7.89. The first-order valence-corrected chi connectivity index (χ1v) is 9.79. The van der Waals surface area contributed by atoms with E-state index in [1.165, 1.54) is 0 Å². The van der Waals surface area contributed by atoms with Crippen molar-refractivity contribution >= 4 is 10.0 Å². The zero-order valence-electron chi connectivity index (χ0n) is 14.3. The number of unbranched alkanes of at least 4 members (excludes halogenated alkanes) is 1. The number of aryl methyl sites for hydroxylation is 1. The molecule has 1 aromatic rings. The molecule has 1 fully saturated rings. The van der Waals surface area contributed by atoms with Gasteiger partial charge < -0.3 is 4.74 Å². The quantitative estimate of drug-likeness (QED) is 0.773. The van der Waals surface area contributed by atoms with Crippen LogP contribution in [0.4, 0.5) is 0 Å². The van der Waals surface area contributed by atoms with Gasteiger partial charge in [-0.1, -0.05) is 17.7 Å². The third kappa shape index (κ3) is 5.88. The molecule has 5 nitrogen and oxygen atoms in total. The second kappa shape index (κ2) is 8.24. The predicted octanol–water partition coefficient (Wildman–Crippen LogP) is 2.16. The fraction of sp³-hybridized carbons (Fsp3) is 0.647. The lowest BCUT2D eigenvalue weighted by Crippen LogP contribution is -2.45. The third-order valence-corrected chi connectivity index (χ3v) is 5.50. The molecule has 6 heteroatoms.